The number of amides is 1. The van der Waals surface area contributed by atoms with Gasteiger partial charge in [0.15, 0.2) is 0 Å². The van der Waals surface area contributed by atoms with E-state index in [4.69, 9.17) is 11.6 Å². The van der Waals surface area contributed by atoms with Crippen molar-refractivity contribution in [3.63, 3.8) is 0 Å². The Hall–Kier alpha value is -1.32. The van der Waals surface area contributed by atoms with E-state index in [9.17, 15) is 4.79 Å². The molecule has 0 N–H and O–H groups in total. The van der Waals surface area contributed by atoms with Crippen LogP contribution in [0.15, 0.2) is 46.9 Å². The monoisotopic (exact) mass is 351 g/mol. The summed E-state index contributed by atoms with van der Waals surface area (Å²) in [5.74, 6) is 0.000533. The minimum Gasteiger partial charge on any atom is -0.337 e. The lowest BCUT2D eigenvalue weighted by molar-refractivity contribution is 0.0785. The molecule has 0 fully saturated rings. The molecule has 0 atom stereocenters. The molecule has 2 rings (SSSR count). The van der Waals surface area contributed by atoms with E-state index in [1.165, 1.54) is 0 Å². The van der Waals surface area contributed by atoms with Crippen molar-refractivity contribution in [3.8, 4) is 0 Å². The van der Waals surface area contributed by atoms with Gasteiger partial charge in [0.2, 0.25) is 0 Å². The van der Waals surface area contributed by atoms with Crippen LogP contribution in [0.4, 0.5) is 0 Å². The van der Waals surface area contributed by atoms with Crippen LogP contribution in [-0.2, 0) is 6.54 Å². The maximum Gasteiger partial charge on any atom is 0.253 e. The highest BCUT2D eigenvalue weighted by molar-refractivity contribution is 9.10. The summed E-state index contributed by atoms with van der Waals surface area (Å²) in [6.45, 7) is 2.51. The zero-order valence-electron chi connectivity index (χ0n) is 11.4. The van der Waals surface area contributed by atoms with Crippen molar-refractivity contribution in [3.05, 3.63) is 68.7 Å². The molecule has 104 valence electrons. The van der Waals surface area contributed by atoms with Gasteiger partial charge >= 0.3 is 0 Å². The summed E-state index contributed by atoms with van der Waals surface area (Å²) in [7, 11) is 1.79. The molecule has 0 unspecified atom stereocenters. The molecule has 1 amide bonds. The van der Waals surface area contributed by atoms with Crippen LogP contribution in [0.25, 0.3) is 0 Å². The van der Waals surface area contributed by atoms with Crippen molar-refractivity contribution in [2.24, 2.45) is 0 Å². The van der Waals surface area contributed by atoms with Gasteiger partial charge in [-0.1, -0.05) is 39.7 Å². The highest BCUT2D eigenvalue weighted by atomic mass is 79.9. The van der Waals surface area contributed by atoms with E-state index in [-0.39, 0.29) is 5.91 Å². The number of nitrogens with zero attached hydrogens (tertiary/aromatic N) is 1. The van der Waals surface area contributed by atoms with Crippen LogP contribution in [0.2, 0.25) is 5.02 Å². The van der Waals surface area contributed by atoms with Gasteiger partial charge in [-0.3, -0.25) is 4.79 Å². The first-order valence-electron chi connectivity index (χ1n) is 6.23. The molecule has 0 heterocycles. The molecule has 2 aromatic carbocycles. The Balaban J connectivity index is 2.14. The third-order valence-electron chi connectivity index (χ3n) is 3.06. The Morgan fingerprint density at radius 3 is 2.65 bits per heavy atom. The van der Waals surface area contributed by atoms with Crippen LogP contribution in [0.3, 0.4) is 0 Å². The van der Waals surface area contributed by atoms with E-state index in [1.807, 2.05) is 49.4 Å². The largest absolute Gasteiger partial charge is 0.337 e. The smallest absolute Gasteiger partial charge is 0.253 e. The van der Waals surface area contributed by atoms with Crippen LogP contribution >= 0.6 is 27.5 Å². The molecule has 0 bridgehead atoms. The number of aryl methyl sites for hydroxylation is 1. The maximum absolute atomic E-state index is 12.4. The molecule has 2 aromatic rings. The predicted molar refractivity (Wildman–Crippen MR) is 86.1 cm³/mol. The van der Waals surface area contributed by atoms with Gasteiger partial charge in [0.25, 0.3) is 5.91 Å². The first kappa shape index (κ1) is 15.1. The summed E-state index contributed by atoms with van der Waals surface area (Å²) in [6.07, 6.45) is 0. The average Bonchev–Trinajstić information content (AvgIpc) is 2.41. The van der Waals surface area contributed by atoms with Gasteiger partial charge in [0.05, 0.1) is 0 Å². The number of hydrogen-bond donors (Lipinski definition) is 0. The second kappa shape index (κ2) is 6.42. The van der Waals surface area contributed by atoms with Crippen molar-refractivity contribution in [2.75, 3.05) is 7.05 Å². The van der Waals surface area contributed by atoms with Crippen molar-refractivity contribution in [1.82, 2.24) is 4.90 Å². The van der Waals surface area contributed by atoms with Crippen molar-refractivity contribution < 1.29 is 4.79 Å². The third kappa shape index (κ3) is 3.62. The summed E-state index contributed by atoms with van der Waals surface area (Å²) in [6, 6.07) is 13.2. The zero-order chi connectivity index (χ0) is 14.7. The minimum absolute atomic E-state index is 0.000533. The minimum atomic E-state index is 0.000533. The van der Waals surface area contributed by atoms with Crippen LogP contribution in [0.5, 0.6) is 0 Å². The molecule has 0 radical (unpaired) electrons. The average molecular weight is 353 g/mol. The number of rotatable bonds is 3. The van der Waals surface area contributed by atoms with E-state index in [2.05, 4.69) is 15.9 Å². The normalized spacial score (nSPS) is 10.4. The quantitative estimate of drug-likeness (QED) is 0.785. The highest BCUT2D eigenvalue weighted by Gasteiger charge is 2.13. The van der Waals surface area contributed by atoms with E-state index in [1.54, 1.807) is 11.9 Å². The highest BCUT2D eigenvalue weighted by Crippen LogP contribution is 2.19. The lowest BCUT2D eigenvalue weighted by atomic mass is 10.1. The molecule has 0 aliphatic heterocycles. The summed E-state index contributed by atoms with van der Waals surface area (Å²) < 4.78 is 1.01. The van der Waals surface area contributed by atoms with Gasteiger partial charge in [-0.2, -0.15) is 0 Å². The van der Waals surface area contributed by atoms with Crippen LogP contribution in [-0.4, -0.2) is 17.9 Å². The number of benzene rings is 2. The summed E-state index contributed by atoms with van der Waals surface area (Å²) >= 11 is 9.39. The molecule has 0 saturated heterocycles. The van der Waals surface area contributed by atoms with Crippen LogP contribution in [0.1, 0.15) is 21.5 Å². The second-order valence-corrected chi connectivity index (χ2v) is 6.05. The first-order chi connectivity index (χ1) is 9.47. The molecule has 20 heavy (non-hydrogen) atoms. The number of hydrogen-bond acceptors (Lipinski definition) is 1. The van der Waals surface area contributed by atoms with Crippen molar-refractivity contribution in [1.29, 1.82) is 0 Å². The number of carbonyl (C=O) groups excluding carboxylic acids is 1. The lowest BCUT2D eigenvalue weighted by Crippen LogP contribution is -2.26. The van der Waals surface area contributed by atoms with E-state index in [0.29, 0.717) is 17.1 Å². The van der Waals surface area contributed by atoms with Crippen molar-refractivity contribution in [2.45, 2.75) is 13.5 Å². The van der Waals surface area contributed by atoms with Crippen LogP contribution in [0, 0.1) is 6.92 Å². The Bertz CT molecular complexity index is 642. The second-order valence-electron chi connectivity index (χ2n) is 4.76. The maximum atomic E-state index is 12.4. The fraction of sp³-hybridized carbons (Fsp3) is 0.188. The number of carbonyl (C=O) groups is 1. The van der Waals surface area contributed by atoms with Gasteiger partial charge in [0, 0.05) is 28.7 Å². The first-order valence-corrected chi connectivity index (χ1v) is 7.40. The molecular formula is C16H15BrClNO. The van der Waals surface area contributed by atoms with Gasteiger partial charge in [-0.15, -0.1) is 0 Å². The Kier molecular flexibility index (Phi) is 4.84. The summed E-state index contributed by atoms with van der Waals surface area (Å²) in [4.78, 5) is 14.1. The van der Waals surface area contributed by atoms with Gasteiger partial charge in [-0.05, 0) is 48.4 Å². The molecule has 0 aromatic heterocycles. The zero-order valence-corrected chi connectivity index (χ0v) is 13.7. The predicted octanol–water partition coefficient (Wildman–Crippen LogP) is 4.68. The van der Waals surface area contributed by atoms with Gasteiger partial charge < -0.3 is 4.90 Å². The molecule has 0 aliphatic carbocycles. The summed E-state index contributed by atoms with van der Waals surface area (Å²) in [5.41, 5.74) is 2.75. The standard InChI is InChI=1S/C16H15BrClNO/c1-11-8-13(6-7-15(11)17)16(20)19(2)10-12-4-3-5-14(18)9-12/h3-9H,10H2,1-2H3. The molecule has 0 saturated carbocycles. The van der Waals surface area contributed by atoms with E-state index in [0.717, 1.165) is 15.6 Å². The fourth-order valence-electron chi connectivity index (χ4n) is 1.98. The fourth-order valence-corrected chi connectivity index (χ4v) is 2.44. The van der Waals surface area contributed by atoms with E-state index < -0.39 is 0 Å². The van der Waals surface area contributed by atoms with Crippen molar-refractivity contribution >= 4 is 33.4 Å². The Morgan fingerprint density at radius 1 is 1.25 bits per heavy atom. The molecule has 0 aliphatic rings. The SMILES string of the molecule is Cc1cc(C(=O)N(C)Cc2cccc(Cl)c2)ccc1Br. The van der Waals surface area contributed by atoms with Gasteiger partial charge in [0.1, 0.15) is 0 Å². The lowest BCUT2D eigenvalue weighted by Gasteiger charge is -2.18. The third-order valence-corrected chi connectivity index (χ3v) is 4.19. The summed E-state index contributed by atoms with van der Waals surface area (Å²) in [5, 5.41) is 0.683. The van der Waals surface area contributed by atoms with Gasteiger partial charge in [-0.25, -0.2) is 0 Å². The van der Waals surface area contributed by atoms with Crippen LogP contribution < -0.4 is 0 Å². The number of halogens is 2. The molecule has 4 heteroatoms. The molecule has 2 nitrogen and oxygen atoms in total. The Morgan fingerprint density at radius 2 is 2.00 bits per heavy atom. The van der Waals surface area contributed by atoms with E-state index >= 15 is 0 Å². The Labute approximate surface area is 132 Å². The molecule has 0 spiro atoms. The topological polar surface area (TPSA) is 20.3 Å². The molecular weight excluding hydrogens is 338 g/mol.